The van der Waals surface area contributed by atoms with E-state index in [-0.39, 0.29) is 0 Å². The van der Waals surface area contributed by atoms with Crippen LogP contribution in [0.3, 0.4) is 0 Å². The molecule has 0 aromatic rings. The van der Waals surface area contributed by atoms with E-state index >= 15 is 0 Å². The van der Waals surface area contributed by atoms with Crippen LogP contribution in [0.1, 0.15) is 109 Å². The number of carboxylic acids is 1. The lowest BCUT2D eigenvalue weighted by molar-refractivity contribution is -0.137. The molecule has 0 rings (SSSR count). The van der Waals surface area contributed by atoms with Gasteiger partial charge < -0.3 is 5.11 Å². The zero-order chi connectivity index (χ0) is 17.7. The molecule has 0 saturated carbocycles. The lowest BCUT2D eigenvalue weighted by Gasteiger charge is -2.03. The SMILES string of the molecule is [N-]=[N+]=NCCCCCCCCCCCCCCCCCCC(=O)O. The van der Waals surface area contributed by atoms with Crippen molar-refractivity contribution in [1.29, 1.82) is 0 Å². The van der Waals surface area contributed by atoms with Gasteiger partial charge >= 0.3 is 5.97 Å². The van der Waals surface area contributed by atoms with Crippen LogP contribution < -0.4 is 0 Å². The Morgan fingerprint density at radius 1 is 0.667 bits per heavy atom. The van der Waals surface area contributed by atoms with Crippen molar-refractivity contribution >= 4 is 5.97 Å². The van der Waals surface area contributed by atoms with Gasteiger partial charge in [0.25, 0.3) is 0 Å². The first-order valence-corrected chi connectivity index (χ1v) is 10.00. The number of rotatable bonds is 19. The van der Waals surface area contributed by atoms with Gasteiger partial charge in [-0.3, -0.25) is 4.79 Å². The Balaban J connectivity index is 3.00. The maximum Gasteiger partial charge on any atom is 0.303 e. The molecule has 5 nitrogen and oxygen atoms in total. The van der Waals surface area contributed by atoms with Crippen LogP contribution in [0.2, 0.25) is 0 Å². The number of aliphatic carboxylic acids is 1. The summed E-state index contributed by atoms with van der Waals surface area (Å²) in [5.74, 6) is -0.666. The van der Waals surface area contributed by atoms with Gasteiger partial charge in [0.2, 0.25) is 0 Å². The number of azide groups is 1. The van der Waals surface area contributed by atoms with Crippen LogP contribution in [-0.4, -0.2) is 17.6 Å². The van der Waals surface area contributed by atoms with E-state index < -0.39 is 5.97 Å². The molecule has 0 aliphatic carbocycles. The predicted octanol–water partition coefficient (Wildman–Crippen LogP) is 7.01. The molecule has 0 saturated heterocycles. The fourth-order valence-corrected chi connectivity index (χ4v) is 2.98. The highest BCUT2D eigenvalue weighted by atomic mass is 16.4. The largest absolute Gasteiger partial charge is 0.481 e. The Morgan fingerprint density at radius 2 is 1.00 bits per heavy atom. The van der Waals surface area contributed by atoms with Gasteiger partial charge in [0, 0.05) is 17.9 Å². The number of hydrogen-bond acceptors (Lipinski definition) is 2. The van der Waals surface area contributed by atoms with Crippen molar-refractivity contribution in [2.24, 2.45) is 5.11 Å². The minimum absolute atomic E-state index is 0.329. The second kappa shape index (κ2) is 19.8. The van der Waals surface area contributed by atoms with E-state index in [1.54, 1.807) is 0 Å². The summed E-state index contributed by atoms with van der Waals surface area (Å²) in [6, 6.07) is 0. The first-order valence-electron chi connectivity index (χ1n) is 10.00. The number of unbranched alkanes of at least 4 members (excludes halogenated alkanes) is 15. The monoisotopic (exact) mass is 339 g/mol. The van der Waals surface area contributed by atoms with E-state index in [0.717, 1.165) is 19.3 Å². The van der Waals surface area contributed by atoms with E-state index in [0.29, 0.717) is 13.0 Å². The smallest absolute Gasteiger partial charge is 0.303 e. The Bertz CT molecular complexity index is 311. The van der Waals surface area contributed by atoms with E-state index in [9.17, 15) is 4.79 Å². The van der Waals surface area contributed by atoms with Crippen LogP contribution in [-0.2, 0) is 4.79 Å². The van der Waals surface area contributed by atoms with Gasteiger partial charge in [-0.05, 0) is 18.4 Å². The Morgan fingerprint density at radius 3 is 1.33 bits per heavy atom. The van der Waals surface area contributed by atoms with Gasteiger partial charge in [-0.2, -0.15) is 0 Å². The summed E-state index contributed by atoms with van der Waals surface area (Å²) < 4.78 is 0. The normalized spacial score (nSPS) is 10.5. The van der Waals surface area contributed by atoms with Crippen LogP contribution in [0, 0.1) is 0 Å². The molecule has 0 fully saturated rings. The van der Waals surface area contributed by atoms with Gasteiger partial charge in [0.1, 0.15) is 0 Å². The van der Waals surface area contributed by atoms with E-state index in [4.69, 9.17) is 10.6 Å². The minimum atomic E-state index is -0.666. The first kappa shape index (κ1) is 22.8. The molecule has 0 amide bonds. The highest BCUT2D eigenvalue weighted by Crippen LogP contribution is 2.14. The zero-order valence-electron chi connectivity index (χ0n) is 15.4. The second-order valence-electron chi connectivity index (χ2n) is 6.76. The van der Waals surface area contributed by atoms with Crippen LogP contribution >= 0.6 is 0 Å². The quantitative estimate of drug-likeness (QED) is 0.119. The Kier molecular flexibility index (Phi) is 18.8. The molecule has 1 N–H and O–H groups in total. The molecule has 24 heavy (non-hydrogen) atoms. The van der Waals surface area contributed by atoms with Crippen LogP contribution in [0.4, 0.5) is 0 Å². The number of hydrogen-bond donors (Lipinski definition) is 1. The molecule has 140 valence electrons. The van der Waals surface area contributed by atoms with Crippen molar-refractivity contribution in [3.8, 4) is 0 Å². The van der Waals surface area contributed by atoms with Crippen molar-refractivity contribution < 1.29 is 9.90 Å². The number of carboxylic acid groups (broad SMARTS) is 1. The molecular formula is C19H37N3O2. The molecule has 0 aromatic heterocycles. The lowest BCUT2D eigenvalue weighted by Crippen LogP contribution is -1.93. The molecule has 0 radical (unpaired) electrons. The van der Waals surface area contributed by atoms with Crippen molar-refractivity contribution in [2.75, 3.05) is 6.54 Å². The summed E-state index contributed by atoms with van der Waals surface area (Å²) in [4.78, 5) is 13.1. The minimum Gasteiger partial charge on any atom is -0.481 e. The molecule has 0 atom stereocenters. The van der Waals surface area contributed by atoms with Gasteiger partial charge in [-0.1, -0.05) is 95.0 Å². The van der Waals surface area contributed by atoms with Gasteiger partial charge in [0.15, 0.2) is 0 Å². The molecule has 0 aliphatic heterocycles. The Hall–Kier alpha value is -1.22. The van der Waals surface area contributed by atoms with E-state index in [1.165, 1.54) is 83.5 Å². The van der Waals surface area contributed by atoms with Crippen LogP contribution in [0.5, 0.6) is 0 Å². The third-order valence-electron chi connectivity index (χ3n) is 4.46. The summed E-state index contributed by atoms with van der Waals surface area (Å²) in [5, 5.41) is 12.1. The molecular weight excluding hydrogens is 302 g/mol. The van der Waals surface area contributed by atoms with Gasteiger partial charge in [-0.25, -0.2) is 0 Å². The molecule has 0 unspecified atom stereocenters. The molecule has 0 heterocycles. The third kappa shape index (κ3) is 20.8. The standard InChI is InChI=1S/C19H37N3O2/c20-22-21-18-16-14-12-10-8-6-4-2-1-3-5-7-9-11-13-15-17-19(23)24/h1-18H2,(H,23,24). The highest BCUT2D eigenvalue weighted by molar-refractivity contribution is 5.66. The zero-order valence-corrected chi connectivity index (χ0v) is 15.4. The van der Waals surface area contributed by atoms with Gasteiger partial charge in [-0.15, -0.1) is 0 Å². The van der Waals surface area contributed by atoms with Crippen molar-refractivity contribution in [2.45, 2.75) is 109 Å². The maximum absolute atomic E-state index is 10.4. The fourth-order valence-electron chi connectivity index (χ4n) is 2.98. The lowest BCUT2D eigenvalue weighted by atomic mass is 10.0. The topological polar surface area (TPSA) is 86.1 Å². The average Bonchev–Trinajstić information content (AvgIpc) is 2.56. The van der Waals surface area contributed by atoms with Crippen LogP contribution in [0.15, 0.2) is 5.11 Å². The molecule has 0 aliphatic rings. The molecule has 0 bridgehead atoms. The predicted molar refractivity (Wildman–Crippen MR) is 100 cm³/mol. The van der Waals surface area contributed by atoms with Crippen molar-refractivity contribution in [1.82, 2.24) is 0 Å². The Labute approximate surface area is 147 Å². The average molecular weight is 340 g/mol. The first-order chi connectivity index (χ1) is 11.8. The summed E-state index contributed by atoms with van der Waals surface area (Å²) in [7, 11) is 0. The summed E-state index contributed by atoms with van der Waals surface area (Å²) in [6.45, 7) is 0.652. The van der Waals surface area contributed by atoms with E-state index in [2.05, 4.69) is 10.0 Å². The van der Waals surface area contributed by atoms with Crippen molar-refractivity contribution in [3.05, 3.63) is 10.4 Å². The fraction of sp³-hybridized carbons (Fsp3) is 0.947. The molecule has 0 spiro atoms. The van der Waals surface area contributed by atoms with Gasteiger partial charge in [0.05, 0.1) is 0 Å². The number of nitrogens with zero attached hydrogens (tertiary/aromatic N) is 3. The molecule has 0 aromatic carbocycles. The highest BCUT2D eigenvalue weighted by Gasteiger charge is 1.97. The van der Waals surface area contributed by atoms with E-state index in [1.807, 2.05) is 0 Å². The summed E-state index contributed by atoms with van der Waals surface area (Å²) in [5.41, 5.74) is 8.16. The second-order valence-corrected chi connectivity index (χ2v) is 6.76. The summed E-state index contributed by atoms with van der Waals surface area (Å²) >= 11 is 0. The maximum atomic E-state index is 10.4. The third-order valence-corrected chi connectivity index (χ3v) is 4.46. The van der Waals surface area contributed by atoms with Crippen LogP contribution in [0.25, 0.3) is 10.4 Å². The summed E-state index contributed by atoms with van der Waals surface area (Å²) in [6.07, 6.45) is 20.3. The van der Waals surface area contributed by atoms with Crippen molar-refractivity contribution in [3.63, 3.8) is 0 Å². The number of carbonyl (C=O) groups is 1. The molecule has 5 heteroatoms.